The highest BCUT2D eigenvalue weighted by Gasteiger charge is 2.25. The Kier molecular flexibility index (Phi) is 41.6. The van der Waals surface area contributed by atoms with Crippen LogP contribution in [-0.2, 0) is 28.6 Å². The molecule has 0 aliphatic heterocycles. The van der Waals surface area contributed by atoms with Crippen LogP contribution in [-0.4, -0.2) is 75.5 Å². The van der Waals surface area contributed by atoms with E-state index in [9.17, 15) is 19.5 Å². The van der Waals surface area contributed by atoms with Crippen molar-refractivity contribution in [2.24, 2.45) is 0 Å². The van der Waals surface area contributed by atoms with Gasteiger partial charge < -0.3 is 28.6 Å². The standard InChI is InChI=1S/C54H91NO7/c1-6-8-10-12-14-16-18-20-22-24-25-26-27-29-31-33-35-37-39-41-43-45-53(57)62-50(48-60-47-46-51(54(58)59)55(3,4)5)49-61-52(56)44-42-40-38-36-34-32-30-28-23-21-19-17-15-13-11-9-7-2/h14-17,20-23,25-26,29,31,35,37,50-51H,6-13,18-19,24,27-28,30,32-34,36,38-49H2,1-5H3/b16-14+,17-15+,22-20+,23-21+,26-25+,31-29+,37-35+. The first-order chi connectivity index (χ1) is 30.1. The minimum atomic E-state index is -1.14. The summed E-state index contributed by atoms with van der Waals surface area (Å²) in [7, 11) is 5.39. The van der Waals surface area contributed by atoms with Crippen molar-refractivity contribution in [2.75, 3.05) is 41.0 Å². The molecule has 0 amide bonds. The number of hydrogen-bond donors (Lipinski definition) is 0. The van der Waals surface area contributed by atoms with Gasteiger partial charge in [-0.2, -0.15) is 0 Å². The molecule has 0 aromatic rings. The summed E-state index contributed by atoms with van der Waals surface area (Å²) in [5, 5.41) is 11.7. The smallest absolute Gasteiger partial charge is 0.306 e. The number of aliphatic carboxylic acids is 1. The van der Waals surface area contributed by atoms with E-state index in [1.54, 1.807) is 21.1 Å². The molecule has 0 aromatic heterocycles. The number of ether oxygens (including phenoxy) is 3. The van der Waals surface area contributed by atoms with Gasteiger partial charge in [0.2, 0.25) is 0 Å². The van der Waals surface area contributed by atoms with Gasteiger partial charge in [-0.1, -0.05) is 157 Å². The van der Waals surface area contributed by atoms with Crippen LogP contribution < -0.4 is 5.11 Å². The molecular formula is C54H91NO7. The lowest BCUT2D eigenvalue weighted by Crippen LogP contribution is -2.55. The minimum absolute atomic E-state index is 0.0160. The molecule has 0 fully saturated rings. The molecule has 2 atom stereocenters. The van der Waals surface area contributed by atoms with E-state index in [0.717, 1.165) is 70.6 Å². The van der Waals surface area contributed by atoms with E-state index in [-0.39, 0.29) is 49.1 Å². The number of likely N-dealkylation sites (N-methyl/N-ethyl adjacent to an activating group) is 1. The molecule has 0 aliphatic carbocycles. The first kappa shape index (κ1) is 58.5. The monoisotopic (exact) mass is 866 g/mol. The van der Waals surface area contributed by atoms with Crippen LogP contribution in [0.15, 0.2) is 85.1 Å². The predicted octanol–water partition coefficient (Wildman–Crippen LogP) is 12.7. The first-order valence-electron chi connectivity index (χ1n) is 24.6. The molecule has 0 N–H and O–H groups in total. The van der Waals surface area contributed by atoms with Crippen LogP contribution in [0.2, 0.25) is 0 Å². The van der Waals surface area contributed by atoms with Crippen molar-refractivity contribution in [1.82, 2.24) is 0 Å². The van der Waals surface area contributed by atoms with Crippen LogP contribution in [0.3, 0.4) is 0 Å². The summed E-state index contributed by atoms with van der Waals surface area (Å²) in [5.41, 5.74) is 0. The summed E-state index contributed by atoms with van der Waals surface area (Å²) in [4.78, 5) is 37.0. The van der Waals surface area contributed by atoms with Crippen molar-refractivity contribution in [2.45, 2.75) is 199 Å². The number of carboxylic acid groups (broad SMARTS) is 1. The van der Waals surface area contributed by atoms with Gasteiger partial charge in [-0.25, -0.2) is 0 Å². The van der Waals surface area contributed by atoms with E-state index in [2.05, 4.69) is 98.9 Å². The lowest BCUT2D eigenvalue weighted by molar-refractivity contribution is -0.889. The molecule has 0 aliphatic rings. The molecule has 0 saturated carbocycles. The lowest BCUT2D eigenvalue weighted by atomic mass is 10.1. The highest BCUT2D eigenvalue weighted by atomic mass is 16.6. The second-order valence-electron chi connectivity index (χ2n) is 17.3. The third-order valence-corrected chi connectivity index (χ3v) is 10.5. The zero-order chi connectivity index (χ0) is 45.6. The Morgan fingerprint density at radius 2 is 0.855 bits per heavy atom. The van der Waals surface area contributed by atoms with Gasteiger partial charge in [0.05, 0.1) is 40.3 Å². The Labute approximate surface area is 380 Å². The normalized spacial score (nSPS) is 13.6. The molecule has 0 heterocycles. The first-order valence-corrected chi connectivity index (χ1v) is 24.6. The van der Waals surface area contributed by atoms with Gasteiger partial charge in [0.25, 0.3) is 0 Å². The highest BCUT2D eigenvalue weighted by molar-refractivity contribution is 5.70. The zero-order valence-corrected chi connectivity index (χ0v) is 40.3. The van der Waals surface area contributed by atoms with Crippen molar-refractivity contribution in [3.63, 3.8) is 0 Å². The Hall–Kier alpha value is -3.49. The number of carbonyl (C=O) groups is 3. The number of hydrogen-bond acceptors (Lipinski definition) is 7. The SMILES string of the molecule is CCCCC/C=C/C/C=C/C/C=C/C/C=C/C/C=C/CCCCC(=O)OC(COCCC(C(=O)[O-])[N+](C)(C)C)COC(=O)CCCCCCCCC/C=C/C/C=C/CCCCC. The summed E-state index contributed by atoms with van der Waals surface area (Å²) in [6.45, 7) is 4.55. The third kappa shape index (κ3) is 41.8. The quantitative estimate of drug-likeness (QED) is 0.0260. The molecule has 8 nitrogen and oxygen atoms in total. The molecule has 354 valence electrons. The van der Waals surface area contributed by atoms with Crippen molar-refractivity contribution < 1.29 is 38.2 Å². The fourth-order valence-electron chi connectivity index (χ4n) is 6.65. The zero-order valence-electron chi connectivity index (χ0n) is 40.3. The second-order valence-corrected chi connectivity index (χ2v) is 17.3. The van der Waals surface area contributed by atoms with Crippen LogP contribution >= 0.6 is 0 Å². The molecule has 0 bridgehead atoms. The van der Waals surface area contributed by atoms with Crippen LogP contribution in [0, 0.1) is 0 Å². The molecule has 62 heavy (non-hydrogen) atoms. The van der Waals surface area contributed by atoms with Gasteiger partial charge in [-0.15, -0.1) is 0 Å². The Bertz CT molecular complexity index is 1290. The van der Waals surface area contributed by atoms with E-state index in [0.29, 0.717) is 12.8 Å². The summed E-state index contributed by atoms with van der Waals surface area (Å²) < 4.78 is 17.2. The molecule has 0 radical (unpaired) electrons. The van der Waals surface area contributed by atoms with E-state index in [4.69, 9.17) is 14.2 Å². The Morgan fingerprint density at radius 1 is 0.484 bits per heavy atom. The van der Waals surface area contributed by atoms with Crippen molar-refractivity contribution in [1.29, 1.82) is 0 Å². The van der Waals surface area contributed by atoms with E-state index in [1.165, 1.54) is 77.0 Å². The maximum Gasteiger partial charge on any atom is 0.306 e. The fraction of sp³-hybridized carbons (Fsp3) is 0.685. The van der Waals surface area contributed by atoms with Gasteiger partial charge in [-0.3, -0.25) is 9.59 Å². The van der Waals surface area contributed by atoms with Crippen LogP contribution in [0.5, 0.6) is 0 Å². The van der Waals surface area contributed by atoms with Crippen LogP contribution in [0.1, 0.15) is 187 Å². The number of carboxylic acids is 1. The highest BCUT2D eigenvalue weighted by Crippen LogP contribution is 2.13. The topological polar surface area (TPSA) is 102 Å². The summed E-state index contributed by atoms with van der Waals surface area (Å²) in [6.07, 6.45) is 57.5. The van der Waals surface area contributed by atoms with E-state index in [1.807, 2.05) is 0 Å². The van der Waals surface area contributed by atoms with Gasteiger partial charge in [0.15, 0.2) is 6.10 Å². The predicted molar refractivity (Wildman–Crippen MR) is 258 cm³/mol. The molecule has 0 saturated heterocycles. The largest absolute Gasteiger partial charge is 0.544 e. The average Bonchev–Trinajstić information content (AvgIpc) is 3.23. The Morgan fingerprint density at radius 3 is 1.29 bits per heavy atom. The Balaban J connectivity index is 4.41. The molecule has 0 spiro atoms. The third-order valence-electron chi connectivity index (χ3n) is 10.5. The molecule has 2 unspecified atom stereocenters. The minimum Gasteiger partial charge on any atom is -0.544 e. The fourth-order valence-corrected chi connectivity index (χ4v) is 6.65. The number of allylic oxidation sites excluding steroid dienone is 14. The van der Waals surface area contributed by atoms with Crippen molar-refractivity contribution in [3.8, 4) is 0 Å². The van der Waals surface area contributed by atoms with Gasteiger partial charge >= 0.3 is 11.9 Å². The summed E-state index contributed by atoms with van der Waals surface area (Å²) >= 11 is 0. The molecular weight excluding hydrogens is 775 g/mol. The summed E-state index contributed by atoms with van der Waals surface area (Å²) in [5.74, 6) is -1.81. The van der Waals surface area contributed by atoms with Crippen LogP contribution in [0.25, 0.3) is 0 Å². The average molecular weight is 866 g/mol. The number of nitrogens with zero attached hydrogens (tertiary/aromatic N) is 1. The maximum atomic E-state index is 12.8. The molecule has 0 rings (SSSR count). The molecule has 0 aromatic carbocycles. The van der Waals surface area contributed by atoms with Crippen LogP contribution in [0.4, 0.5) is 0 Å². The number of quaternary nitrogens is 1. The van der Waals surface area contributed by atoms with Gasteiger partial charge in [0.1, 0.15) is 12.6 Å². The van der Waals surface area contributed by atoms with Gasteiger partial charge in [0, 0.05) is 19.3 Å². The second kappa shape index (κ2) is 44.1. The molecule has 8 heteroatoms. The number of unbranched alkanes of at least 4 members (excludes halogenated alkanes) is 15. The maximum absolute atomic E-state index is 12.8. The lowest BCUT2D eigenvalue weighted by Gasteiger charge is -2.34. The summed E-state index contributed by atoms with van der Waals surface area (Å²) in [6, 6.07) is -0.740. The number of rotatable bonds is 43. The number of carbonyl (C=O) groups excluding carboxylic acids is 3. The van der Waals surface area contributed by atoms with E-state index < -0.39 is 18.1 Å². The van der Waals surface area contributed by atoms with Crippen molar-refractivity contribution in [3.05, 3.63) is 85.1 Å². The van der Waals surface area contributed by atoms with Crippen molar-refractivity contribution >= 4 is 17.9 Å². The van der Waals surface area contributed by atoms with E-state index >= 15 is 0 Å². The van der Waals surface area contributed by atoms with Gasteiger partial charge in [-0.05, 0) is 96.3 Å². The number of esters is 2.